The molecule has 4 aromatic rings. The molecule has 0 bridgehead atoms. The summed E-state index contributed by atoms with van der Waals surface area (Å²) in [6.07, 6.45) is 0. The van der Waals surface area contributed by atoms with Gasteiger partial charge in [-0.15, -0.1) is 10.2 Å². The molecule has 1 aliphatic heterocycles. The Balaban J connectivity index is 1.78. The van der Waals surface area contributed by atoms with Gasteiger partial charge in [0.1, 0.15) is 16.3 Å². The summed E-state index contributed by atoms with van der Waals surface area (Å²) >= 11 is 1.34. The lowest BCUT2D eigenvalue weighted by molar-refractivity contribution is 0.0970. The average molecular weight is 433 g/mol. The molecule has 0 spiro atoms. The average Bonchev–Trinajstić information content (AvgIpc) is 3.37. The largest absolute Gasteiger partial charge is 0.497 e. The number of methoxy groups -OCH3 is 1. The van der Waals surface area contributed by atoms with Crippen molar-refractivity contribution in [2.75, 3.05) is 12.0 Å². The van der Waals surface area contributed by atoms with Crippen LogP contribution in [-0.2, 0) is 0 Å². The maximum Gasteiger partial charge on any atom is 0.297 e. The first-order chi connectivity index (χ1) is 15.0. The third kappa shape index (κ3) is 3.02. The minimum absolute atomic E-state index is 0.0396. The van der Waals surface area contributed by atoms with E-state index in [-0.39, 0.29) is 17.1 Å². The number of rotatable bonds is 4. The zero-order chi connectivity index (χ0) is 21.7. The van der Waals surface area contributed by atoms with Crippen LogP contribution in [0.1, 0.15) is 52.5 Å². The number of fused-ring (bicyclic) bond motifs is 2. The van der Waals surface area contributed by atoms with Crippen molar-refractivity contribution in [1.29, 1.82) is 0 Å². The van der Waals surface area contributed by atoms with Crippen LogP contribution in [0, 0.1) is 0 Å². The van der Waals surface area contributed by atoms with Crippen LogP contribution in [-0.4, -0.2) is 23.2 Å². The van der Waals surface area contributed by atoms with Gasteiger partial charge in [-0.2, -0.15) is 0 Å². The number of ether oxygens (including phenoxy) is 1. The van der Waals surface area contributed by atoms with E-state index < -0.39 is 11.9 Å². The fourth-order valence-electron chi connectivity index (χ4n) is 3.80. The lowest BCUT2D eigenvalue weighted by Crippen LogP contribution is -2.29. The third-order valence-electron chi connectivity index (χ3n) is 5.32. The zero-order valence-corrected chi connectivity index (χ0v) is 18.0. The number of hydrogen-bond acceptors (Lipinski definition) is 7. The minimum Gasteiger partial charge on any atom is -0.497 e. The first-order valence-electron chi connectivity index (χ1n) is 9.86. The summed E-state index contributed by atoms with van der Waals surface area (Å²) in [5.74, 6) is 0.433. The van der Waals surface area contributed by atoms with E-state index >= 15 is 0 Å². The Morgan fingerprint density at radius 1 is 1.10 bits per heavy atom. The molecule has 0 N–H and O–H groups in total. The summed E-state index contributed by atoms with van der Waals surface area (Å²) in [4.78, 5) is 28.5. The van der Waals surface area contributed by atoms with E-state index in [1.54, 1.807) is 31.4 Å². The fraction of sp³-hybridized carbons (Fsp3) is 0.217. The van der Waals surface area contributed by atoms with E-state index in [1.807, 2.05) is 38.1 Å². The summed E-state index contributed by atoms with van der Waals surface area (Å²) in [7, 11) is 1.58. The van der Waals surface area contributed by atoms with E-state index in [9.17, 15) is 9.59 Å². The van der Waals surface area contributed by atoms with Crippen molar-refractivity contribution < 1.29 is 13.9 Å². The number of hydrogen-bond donors (Lipinski definition) is 0. The lowest BCUT2D eigenvalue weighted by Gasteiger charge is -2.22. The SMILES string of the molecule is COc1cccc(C2c3c(oc4ccccc4c3=O)C(=O)N2c2nnc(C(C)C)s2)c1. The second-order valence-electron chi connectivity index (χ2n) is 7.60. The lowest BCUT2D eigenvalue weighted by atomic mass is 9.98. The molecule has 2 aromatic heterocycles. The van der Waals surface area contributed by atoms with Crippen molar-refractivity contribution in [1.82, 2.24) is 10.2 Å². The van der Waals surface area contributed by atoms with Gasteiger partial charge in [0.15, 0.2) is 5.43 Å². The number of anilines is 1. The zero-order valence-electron chi connectivity index (χ0n) is 17.2. The van der Waals surface area contributed by atoms with Gasteiger partial charge in [0.25, 0.3) is 5.91 Å². The van der Waals surface area contributed by atoms with Gasteiger partial charge in [-0.3, -0.25) is 14.5 Å². The Morgan fingerprint density at radius 2 is 1.90 bits per heavy atom. The molecule has 3 heterocycles. The summed E-state index contributed by atoms with van der Waals surface area (Å²) in [6, 6.07) is 13.6. The normalized spacial score (nSPS) is 15.7. The van der Waals surface area contributed by atoms with Gasteiger partial charge in [-0.05, 0) is 29.8 Å². The Labute approximate surface area is 181 Å². The Kier molecular flexibility index (Phi) is 4.59. The number of nitrogens with zero attached hydrogens (tertiary/aromatic N) is 3. The highest BCUT2D eigenvalue weighted by Crippen LogP contribution is 2.43. The quantitative estimate of drug-likeness (QED) is 0.470. The van der Waals surface area contributed by atoms with Crippen LogP contribution in [0.2, 0.25) is 0 Å². The molecule has 8 heteroatoms. The number of benzene rings is 2. The van der Waals surface area contributed by atoms with E-state index in [4.69, 9.17) is 9.15 Å². The van der Waals surface area contributed by atoms with Gasteiger partial charge in [0, 0.05) is 5.92 Å². The van der Waals surface area contributed by atoms with Gasteiger partial charge in [-0.25, -0.2) is 0 Å². The molecule has 1 amide bonds. The van der Waals surface area contributed by atoms with E-state index in [1.165, 1.54) is 16.2 Å². The summed E-state index contributed by atoms with van der Waals surface area (Å²) < 4.78 is 11.3. The second-order valence-corrected chi connectivity index (χ2v) is 8.59. The number of carbonyl (C=O) groups is 1. The van der Waals surface area contributed by atoms with Crippen molar-refractivity contribution in [3.05, 3.63) is 80.6 Å². The highest BCUT2D eigenvalue weighted by Gasteiger charge is 2.45. The molecule has 31 heavy (non-hydrogen) atoms. The Hall–Kier alpha value is -3.52. The van der Waals surface area contributed by atoms with Gasteiger partial charge in [0.05, 0.1) is 24.1 Å². The Morgan fingerprint density at radius 3 is 2.65 bits per heavy atom. The van der Waals surface area contributed by atoms with Gasteiger partial charge in [-0.1, -0.05) is 49.4 Å². The van der Waals surface area contributed by atoms with Crippen LogP contribution in [0.15, 0.2) is 57.7 Å². The third-order valence-corrected chi connectivity index (χ3v) is 6.54. The summed E-state index contributed by atoms with van der Waals surface area (Å²) in [5.41, 5.74) is 1.19. The van der Waals surface area contributed by atoms with Crippen molar-refractivity contribution in [3.8, 4) is 5.75 Å². The van der Waals surface area contributed by atoms with Crippen LogP contribution >= 0.6 is 11.3 Å². The van der Waals surface area contributed by atoms with Crippen molar-refractivity contribution in [2.24, 2.45) is 0 Å². The highest BCUT2D eigenvalue weighted by molar-refractivity contribution is 7.15. The number of carbonyl (C=O) groups excluding carboxylic acids is 1. The molecule has 5 rings (SSSR count). The monoisotopic (exact) mass is 433 g/mol. The van der Waals surface area contributed by atoms with Crippen molar-refractivity contribution >= 4 is 33.3 Å². The predicted molar refractivity (Wildman–Crippen MR) is 118 cm³/mol. The van der Waals surface area contributed by atoms with E-state index in [0.29, 0.717) is 27.4 Å². The maximum atomic E-state index is 13.5. The molecule has 1 aliphatic rings. The van der Waals surface area contributed by atoms with Gasteiger partial charge in [0.2, 0.25) is 10.9 Å². The molecule has 1 atom stereocenters. The molecule has 156 valence electrons. The Bertz CT molecular complexity index is 1370. The summed E-state index contributed by atoms with van der Waals surface area (Å²) in [6.45, 7) is 4.03. The molecule has 7 nitrogen and oxygen atoms in total. The molecule has 0 saturated carbocycles. The fourth-order valence-corrected chi connectivity index (χ4v) is 4.67. The first kappa shape index (κ1) is 19.4. The van der Waals surface area contributed by atoms with Crippen LogP contribution in [0.4, 0.5) is 5.13 Å². The van der Waals surface area contributed by atoms with E-state index in [0.717, 1.165) is 10.6 Å². The molecular weight excluding hydrogens is 414 g/mol. The van der Waals surface area contributed by atoms with Gasteiger partial charge >= 0.3 is 0 Å². The molecule has 0 radical (unpaired) electrons. The molecule has 1 unspecified atom stereocenters. The smallest absolute Gasteiger partial charge is 0.297 e. The number of para-hydroxylation sites is 1. The highest BCUT2D eigenvalue weighted by atomic mass is 32.1. The van der Waals surface area contributed by atoms with Crippen LogP contribution in [0.5, 0.6) is 5.75 Å². The standard InChI is InChI=1S/C23H19N3O4S/c1-12(2)21-24-25-23(31-21)26-18(13-7-6-8-14(11-13)29-3)17-19(27)15-9-4-5-10-16(15)30-20(17)22(26)28/h4-12,18H,1-3H3. The summed E-state index contributed by atoms with van der Waals surface area (Å²) in [5, 5.41) is 10.2. The molecule has 0 saturated heterocycles. The molecular formula is C23H19N3O4S. The minimum atomic E-state index is -0.689. The molecule has 0 aliphatic carbocycles. The second kappa shape index (κ2) is 7.31. The van der Waals surface area contributed by atoms with Crippen molar-refractivity contribution in [2.45, 2.75) is 25.8 Å². The molecule has 2 aromatic carbocycles. The van der Waals surface area contributed by atoms with Crippen LogP contribution < -0.4 is 15.1 Å². The van der Waals surface area contributed by atoms with Gasteiger partial charge < -0.3 is 9.15 Å². The topological polar surface area (TPSA) is 85.5 Å². The van der Waals surface area contributed by atoms with E-state index in [2.05, 4.69) is 10.2 Å². The predicted octanol–water partition coefficient (Wildman–Crippen LogP) is 4.53. The van der Waals surface area contributed by atoms with Crippen LogP contribution in [0.25, 0.3) is 11.0 Å². The number of aromatic nitrogens is 2. The number of amides is 1. The maximum absolute atomic E-state index is 13.5. The first-order valence-corrected chi connectivity index (χ1v) is 10.7. The van der Waals surface area contributed by atoms with Crippen LogP contribution in [0.3, 0.4) is 0 Å². The molecule has 0 fully saturated rings. The van der Waals surface area contributed by atoms with Crippen molar-refractivity contribution in [3.63, 3.8) is 0 Å².